The Kier molecular flexibility index (Phi) is 5.85. The zero-order chi connectivity index (χ0) is 23.8. The Balaban J connectivity index is 1.28. The van der Waals surface area contributed by atoms with E-state index in [0.717, 1.165) is 51.4 Å². The van der Waals surface area contributed by atoms with Crippen LogP contribution in [0.3, 0.4) is 0 Å². The fraction of sp³-hybridized carbons (Fsp3) is 0.192. The molecule has 1 aliphatic carbocycles. The summed E-state index contributed by atoms with van der Waals surface area (Å²) in [6.07, 6.45) is 5.32. The van der Waals surface area contributed by atoms with Crippen LogP contribution < -0.4 is 10.1 Å². The first-order valence-electron chi connectivity index (χ1n) is 11.4. The van der Waals surface area contributed by atoms with Crippen LogP contribution in [0, 0.1) is 0 Å². The lowest BCUT2D eigenvalue weighted by atomic mass is 9.95. The molecule has 7 nitrogen and oxygen atoms in total. The van der Waals surface area contributed by atoms with Gasteiger partial charge in [-0.3, -0.25) is 4.68 Å². The summed E-state index contributed by atoms with van der Waals surface area (Å²) in [4.78, 5) is 11.2. The fourth-order valence-corrected chi connectivity index (χ4v) is 5.86. The van der Waals surface area contributed by atoms with Crippen molar-refractivity contribution in [1.82, 2.24) is 19.7 Å². The molecule has 176 valence electrons. The van der Waals surface area contributed by atoms with Crippen molar-refractivity contribution in [3.8, 4) is 16.2 Å². The van der Waals surface area contributed by atoms with Gasteiger partial charge in [0.1, 0.15) is 29.3 Å². The first-order chi connectivity index (χ1) is 17.2. The average molecular weight is 504 g/mol. The summed E-state index contributed by atoms with van der Waals surface area (Å²) in [6.45, 7) is 1.02. The Morgan fingerprint density at radius 3 is 2.83 bits per heavy atom. The largest absolute Gasteiger partial charge is 0.487 e. The third-order valence-corrected chi connectivity index (χ3v) is 7.51. The number of thiophene rings is 1. The van der Waals surface area contributed by atoms with Crippen LogP contribution in [0.1, 0.15) is 16.8 Å². The Labute approximate surface area is 211 Å². The van der Waals surface area contributed by atoms with E-state index < -0.39 is 0 Å². The van der Waals surface area contributed by atoms with Crippen LogP contribution in [0.2, 0.25) is 5.02 Å². The first-order valence-corrected chi connectivity index (χ1v) is 12.6. The van der Waals surface area contributed by atoms with Gasteiger partial charge in [0.05, 0.1) is 29.3 Å². The Bertz CT molecular complexity index is 1520. The van der Waals surface area contributed by atoms with E-state index in [1.807, 2.05) is 59.4 Å². The number of halogens is 1. The number of nitrogens with one attached hydrogen (secondary N) is 1. The van der Waals surface area contributed by atoms with Gasteiger partial charge < -0.3 is 15.2 Å². The second-order valence-corrected chi connectivity index (χ2v) is 9.74. The van der Waals surface area contributed by atoms with E-state index in [9.17, 15) is 5.11 Å². The number of anilines is 2. The van der Waals surface area contributed by atoms with Crippen molar-refractivity contribution in [1.29, 1.82) is 0 Å². The Morgan fingerprint density at radius 1 is 1.11 bits per heavy atom. The second kappa shape index (κ2) is 9.30. The maximum atomic E-state index is 9.28. The summed E-state index contributed by atoms with van der Waals surface area (Å²) in [6, 6.07) is 15.7. The van der Waals surface area contributed by atoms with Crippen molar-refractivity contribution in [2.24, 2.45) is 0 Å². The predicted octanol–water partition coefficient (Wildman–Crippen LogP) is 5.62. The van der Waals surface area contributed by atoms with Crippen LogP contribution in [-0.4, -0.2) is 31.5 Å². The quantitative estimate of drug-likeness (QED) is 0.300. The average Bonchev–Trinajstić information content (AvgIpc) is 3.46. The van der Waals surface area contributed by atoms with Gasteiger partial charge in [-0.2, -0.15) is 5.10 Å². The van der Waals surface area contributed by atoms with Gasteiger partial charge in [-0.1, -0.05) is 41.9 Å². The number of fused-ring (bicyclic) bond motifs is 5. The summed E-state index contributed by atoms with van der Waals surface area (Å²) < 4.78 is 7.72. The van der Waals surface area contributed by atoms with Gasteiger partial charge >= 0.3 is 0 Å². The molecular formula is C26H22ClN5O2S. The molecule has 9 heteroatoms. The van der Waals surface area contributed by atoms with E-state index in [1.165, 1.54) is 10.4 Å². The van der Waals surface area contributed by atoms with Gasteiger partial charge in [0.2, 0.25) is 0 Å². The van der Waals surface area contributed by atoms with Crippen LogP contribution in [0.4, 0.5) is 11.5 Å². The van der Waals surface area contributed by atoms with Crippen molar-refractivity contribution in [3.63, 3.8) is 0 Å². The van der Waals surface area contributed by atoms with Gasteiger partial charge in [0.15, 0.2) is 0 Å². The van der Waals surface area contributed by atoms with Gasteiger partial charge in [0.25, 0.3) is 0 Å². The molecule has 0 radical (unpaired) electrons. The van der Waals surface area contributed by atoms with Gasteiger partial charge in [-0.05, 0) is 42.2 Å². The van der Waals surface area contributed by atoms with Crippen LogP contribution in [0.15, 0.2) is 61.1 Å². The van der Waals surface area contributed by atoms with Crippen molar-refractivity contribution in [3.05, 3.63) is 82.9 Å². The van der Waals surface area contributed by atoms with Crippen LogP contribution in [0.5, 0.6) is 5.75 Å². The molecule has 2 aromatic carbocycles. The van der Waals surface area contributed by atoms with E-state index in [0.29, 0.717) is 23.9 Å². The maximum absolute atomic E-state index is 9.28. The fourth-order valence-electron chi connectivity index (χ4n) is 4.41. The highest BCUT2D eigenvalue weighted by molar-refractivity contribution is 7.22. The Hall–Kier alpha value is -3.46. The molecule has 5 aromatic rings. The minimum absolute atomic E-state index is 0.0675. The number of ether oxygens (including phenoxy) is 1. The number of nitrogens with zero attached hydrogens (tertiary/aromatic N) is 4. The highest BCUT2D eigenvalue weighted by Crippen LogP contribution is 2.45. The molecule has 0 saturated carbocycles. The molecule has 3 heterocycles. The van der Waals surface area contributed by atoms with Crippen LogP contribution >= 0.6 is 22.9 Å². The molecule has 2 N–H and O–H groups in total. The molecule has 0 spiro atoms. The minimum Gasteiger partial charge on any atom is -0.487 e. The van der Waals surface area contributed by atoms with E-state index in [1.54, 1.807) is 17.7 Å². The summed E-state index contributed by atoms with van der Waals surface area (Å²) in [5.41, 5.74) is 5.34. The highest BCUT2D eigenvalue weighted by Gasteiger charge is 2.26. The molecule has 0 aliphatic heterocycles. The van der Waals surface area contributed by atoms with Gasteiger partial charge in [0, 0.05) is 22.3 Å². The SMILES string of the molecule is OCCn1cc2c(n1)CCc1c-2sc2ncnc(Nc3ccc(OCc4ccccc4)c(Cl)c3)c12. The predicted molar refractivity (Wildman–Crippen MR) is 139 cm³/mol. The number of aryl methyl sites for hydroxylation is 2. The zero-order valence-corrected chi connectivity index (χ0v) is 20.3. The summed E-state index contributed by atoms with van der Waals surface area (Å²) in [7, 11) is 0. The molecule has 0 fully saturated rings. The summed E-state index contributed by atoms with van der Waals surface area (Å²) >= 11 is 8.19. The summed E-state index contributed by atoms with van der Waals surface area (Å²) in [5, 5.41) is 18.9. The molecule has 0 unspecified atom stereocenters. The molecule has 0 amide bonds. The summed E-state index contributed by atoms with van der Waals surface area (Å²) in [5.74, 6) is 1.39. The maximum Gasteiger partial charge on any atom is 0.142 e. The van der Waals surface area contributed by atoms with Gasteiger partial charge in [-0.15, -0.1) is 11.3 Å². The molecular weight excluding hydrogens is 482 g/mol. The molecule has 35 heavy (non-hydrogen) atoms. The third-order valence-electron chi connectivity index (χ3n) is 6.04. The number of aliphatic hydroxyl groups excluding tert-OH is 1. The van der Waals surface area contributed by atoms with E-state index in [2.05, 4.69) is 20.4 Å². The molecule has 3 aromatic heterocycles. The standard InChI is InChI=1S/C26H22ClN5O2S/c27-20-12-17(6-9-22(20)34-14-16-4-2-1-3-5-16)30-25-23-18-7-8-21-19(13-32(31-21)10-11-33)24(18)35-26(23)29-15-28-25/h1-6,9,12-13,15,33H,7-8,10-11,14H2,(H,28,29,30). The third kappa shape index (κ3) is 4.25. The lowest BCUT2D eigenvalue weighted by Gasteiger charge is -2.13. The van der Waals surface area contributed by atoms with Crippen LogP contribution in [-0.2, 0) is 26.0 Å². The molecule has 1 aliphatic rings. The van der Waals surface area contributed by atoms with E-state index in [4.69, 9.17) is 16.3 Å². The normalized spacial score (nSPS) is 12.4. The van der Waals surface area contributed by atoms with Crippen molar-refractivity contribution in [2.45, 2.75) is 26.0 Å². The van der Waals surface area contributed by atoms with Crippen molar-refractivity contribution < 1.29 is 9.84 Å². The smallest absolute Gasteiger partial charge is 0.142 e. The lowest BCUT2D eigenvalue weighted by Crippen LogP contribution is -2.04. The van der Waals surface area contributed by atoms with Crippen molar-refractivity contribution in [2.75, 3.05) is 11.9 Å². The highest BCUT2D eigenvalue weighted by atomic mass is 35.5. The molecule has 6 rings (SSSR count). The first kappa shape index (κ1) is 22.0. The van der Waals surface area contributed by atoms with Crippen molar-refractivity contribution >= 4 is 44.7 Å². The minimum atomic E-state index is 0.0675. The van der Waals surface area contributed by atoms with E-state index in [-0.39, 0.29) is 6.61 Å². The molecule has 0 saturated heterocycles. The Morgan fingerprint density at radius 2 is 2.00 bits per heavy atom. The lowest BCUT2D eigenvalue weighted by molar-refractivity contribution is 0.269. The van der Waals surface area contributed by atoms with Gasteiger partial charge in [-0.25, -0.2) is 9.97 Å². The zero-order valence-electron chi connectivity index (χ0n) is 18.7. The number of rotatable bonds is 7. The van der Waals surface area contributed by atoms with E-state index >= 15 is 0 Å². The number of hydrogen-bond acceptors (Lipinski definition) is 7. The number of hydrogen-bond donors (Lipinski definition) is 2. The number of benzene rings is 2. The monoisotopic (exact) mass is 503 g/mol. The molecule has 0 bridgehead atoms. The molecule has 0 atom stereocenters. The number of aliphatic hydroxyl groups is 1. The second-order valence-electron chi connectivity index (χ2n) is 8.33. The van der Waals surface area contributed by atoms with Crippen LogP contribution in [0.25, 0.3) is 20.7 Å². The topological polar surface area (TPSA) is 85.1 Å². The number of aromatic nitrogens is 4.